The average Bonchev–Trinajstić information content (AvgIpc) is 2.72. The highest BCUT2D eigenvalue weighted by Crippen LogP contribution is 2.10. The molecule has 0 unspecified atom stereocenters. The molecule has 0 spiro atoms. The van der Waals surface area contributed by atoms with Gasteiger partial charge in [-0.15, -0.1) is 0 Å². The van der Waals surface area contributed by atoms with E-state index in [2.05, 4.69) is 20.3 Å². The number of rotatable bonds is 3. The normalized spacial score (nSPS) is 17.2. The number of anilines is 1. The van der Waals surface area contributed by atoms with Crippen LogP contribution < -0.4 is 11.3 Å². The number of nitrogens with one attached hydrogen (secondary N) is 1. The summed E-state index contributed by atoms with van der Waals surface area (Å²) < 4.78 is 0. The van der Waals surface area contributed by atoms with Crippen molar-refractivity contribution in [2.45, 2.75) is 19.4 Å². The van der Waals surface area contributed by atoms with E-state index >= 15 is 0 Å². The Morgan fingerprint density at radius 3 is 2.64 bits per heavy atom. The Labute approximate surface area is 83.3 Å². The Bertz CT molecular complexity index is 278. The molecule has 1 fully saturated rings. The van der Waals surface area contributed by atoms with Crippen LogP contribution in [0.1, 0.15) is 18.5 Å². The largest absolute Gasteiger partial charge is 0.307 e. The van der Waals surface area contributed by atoms with Crippen molar-refractivity contribution in [2.24, 2.45) is 5.84 Å². The van der Waals surface area contributed by atoms with Crippen molar-refractivity contribution < 1.29 is 0 Å². The third-order valence-electron chi connectivity index (χ3n) is 2.44. The Morgan fingerprint density at radius 2 is 2.07 bits per heavy atom. The second-order valence-corrected chi connectivity index (χ2v) is 3.52. The summed E-state index contributed by atoms with van der Waals surface area (Å²) in [5.74, 6) is 5.81. The number of hydrogen-bond donors (Lipinski definition) is 2. The standard InChI is InChI=1S/C9H15N5/c10-13-9-6-11-8(5-12-9)7-14-3-1-2-4-14/h5-6H,1-4,7,10H2,(H,12,13). The molecular weight excluding hydrogens is 178 g/mol. The van der Waals surface area contributed by atoms with Crippen LogP contribution in [0.5, 0.6) is 0 Å². The molecule has 76 valence electrons. The minimum atomic E-state index is 0.607. The molecule has 1 aromatic rings. The molecule has 0 radical (unpaired) electrons. The fraction of sp³-hybridized carbons (Fsp3) is 0.556. The molecule has 5 nitrogen and oxygen atoms in total. The quantitative estimate of drug-likeness (QED) is 0.536. The summed E-state index contributed by atoms with van der Waals surface area (Å²) in [4.78, 5) is 10.8. The van der Waals surface area contributed by atoms with E-state index in [1.54, 1.807) is 12.4 Å². The number of likely N-dealkylation sites (tertiary alicyclic amines) is 1. The second kappa shape index (κ2) is 4.34. The summed E-state index contributed by atoms with van der Waals surface area (Å²) in [6.45, 7) is 3.26. The first-order valence-electron chi connectivity index (χ1n) is 4.88. The van der Waals surface area contributed by atoms with Crippen LogP contribution in [0.25, 0.3) is 0 Å². The van der Waals surface area contributed by atoms with Crippen molar-refractivity contribution >= 4 is 5.82 Å². The van der Waals surface area contributed by atoms with Gasteiger partial charge in [-0.05, 0) is 25.9 Å². The van der Waals surface area contributed by atoms with E-state index in [1.165, 1.54) is 25.9 Å². The van der Waals surface area contributed by atoms with E-state index in [1.807, 2.05) is 0 Å². The van der Waals surface area contributed by atoms with Crippen molar-refractivity contribution in [1.29, 1.82) is 0 Å². The van der Waals surface area contributed by atoms with Gasteiger partial charge < -0.3 is 5.43 Å². The molecule has 0 aromatic carbocycles. The van der Waals surface area contributed by atoms with Crippen LogP contribution >= 0.6 is 0 Å². The Kier molecular flexibility index (Phi) is 2.90. The van der Waals surface area contributed by atoms with Gasteiger partial charge in [0.05, 0.1) is 18.1 Å². The van der Waals surface area contributed by atoms with Crippen molar-refractivity contribution in [3.05, 3.63) is 18.1 Å². The molecule has 0 bridgehead atoms. The van der Waals surface area contributed by atoms with E-state index in [9.17, 15) is 0 Å². The minimum absolute atomic E-state index is 0.607. The summed E-state index contributed by atoms with van der Waals surface area (Å²) in [6.07, 6.45) is 6.03. The van der Waals surface area contributed by atoms with Crippen LogP contribution in [0.15, 0.2) is 12.4 Å². The lowest BCUT2D eigenvalue weighted by Crippen LogP contribution is -2.19. The molecule has 0 saturated carbocycles. The van der Waals surface area contributed by atoms with Gasteiger partial charge in [-0.25, -0.2) is 10.8 Å². The minimum Gasteiger partial charge on any atom is -0.307 e. The summed E-state index contributed by atoms with van der Waals surface area (Å²) >= 11 is 0. The Balaban J connectivity index is 1.95. The SMILES string of the molecule is NNc1cnc(CN2CCCC2)cn1. The number of aromatic nitrogens is 2. The average molecular weight is 193 g/mol. The molecule has 1 aliphatic heterocycles. The van der Waals surface area contributed by atoms with E-state index in [-0.39, 0.29) is 0 Å². The smallest absolute Gasteiger partial charge is 0.158 e. The summed E-state index contributed by atoms with van der Waals surface area (Å²) in [5, 5.41) is 0. The number of nitrogens with two attached hydrogens (primary N) is 1. The van der Waals surface area contributed by atoms with Crippen molar-refractivity contribution in [3.8, 4) is 0 Å². The zero-order valence-corrected chi connectivity index (χ0v) is 8.11. The molecule has 0 aliphatic carbocycles. The van der Waals surface area contributed by atoms with Gasteiger partial charge in [0.2, 0.25) is 0 Å². The summed E-state index contributed by atoms with van der Waals surface area (Å²) in [7, 11) is 0. The van der Waals surface area contributed by atoms with Crippen LogP contribution in [-0.2, 0) is 6.54 Å². The van der Waals surface area contributed by atoms with E-state index < -0.39 is 0 Å². The lowest BCUT2D eigenvalue weighted by Gasteiger charge is -2.13. The van der Waals surface area contributed by atoms with Gasteiger partial charge in [-0.1, -0.05) is 0 Å². The number of nitrogen functional groups attached to an aromatic ring is 1. The van der Waals surface area contributed by atoms with Gasteiger partial charge >= 0.3 is 0 Å². The topological polar surface area (TPSA) is 67.1 Å². The fourth-order valence-corrected chi connectivity index (χ4v) is 1.68. The van der Waals surface area contributed by atoms with Gasteiger partial charge in [-0.2, -0.15) is 0 Å². The highest BCUT2D eigenvalue weighted by atomic mass is 15.3. The lowest BCUT2D eigenvalue weighted by atomic mass is 10.4. The maximum absolute atomic E-state index is 5.20. The first-order chi connectivity index (χ1) is 6.88. The first kappa shape index (κ1) is 9.36. The lowest BCUT2D eigenvalue weighted by molar-refractivity contribution is 0.327. The predicted octanol–water partition coefficient (Wildman–Crippen LogP) is 0.358. The molecule has 14 heavy (non-hydrogen) atoms. The van der Waals surface area contributed by atoms with Gasteiger partial charge in [-0.3, -0.25) is 9.88 Å². The molecule has 1 aliphatic rings. The van der Waals surface area contributed by atoms with Gasteiger partial charge in [0.1, 0.15) is 0 Å². The third-order valence-corrected chi connectivity index (χ3v) is 2.44. The zero-order chi connectivity index (χ0) is 9.80. The van der Waals surface area contributed by atoms with Crippen molar-refractivity contribution in [2.75, 3.05) is 18.5 Å². The van der Waals surface area contributed by atoms with Crippen LogP contribution in [0, 0.1) is 0 Å². The predicted molar refractivity (Wildman–Crippen MR) is 54.4 cm³/mol. The number of hydrazine groups is 1. The van der Waals surface area contributed by atoms with E-state index in [0.29, 0.717) is 5.82 Å². The van der Waals surface area contributed by atoms with Gasteiger partial charge in [0.15, 0.2) is 5.82 Å². The summed E-state index contributed by atoms with van der Waals surface area (Å²) in [5.41, 5.74) is 3.47. The van der Waals surface area contributed by atoms with Gasteiger partial charge in [0.25, 0.3) is 0 Å². The second-order valence-electron chi connectivity index (χ2n) is 3.52. The van der Waals surface area contributed by atoms with E-state index in [0.717, 1.165) is 12.2 Å². The van der Waals surface area contributed by atoms with Crippen molar-refractivity contribution in [3.63, 3.8) is 0 Å². The molecule has 3 N–H and O–H groups in total. The highest BCUT2D eigenvalue weighted by molar-refractivity contribution is 5.28. The van der Waals surface area contributed by atoms with Crippen LogP contribution in [-0.4, -0.2) is 28.0 Å². The molecule has 0 atom stereocenters. The third kappa shape index (κ3) is 2.18. The maximum Gasteiger partial charge on any atom is 0.158 e. The molecule has 5 heteroatoms. The Morgan fingerprint density at radius 1 is 1.29 bits per heavy atom. The van der Waals surface area contributed by atoms with Crippen LogP contribution in [0.4, 0.5) is 5.82 Å². The molecule has 0 amide bonds. The highest BCUT2D eigenvalue weighted by Gasteiger charge is 2.12. The van der Waals surface area contributed by atoms with Crippen LogP contribution in [0.3, 0.4) is 0 Å². The molecule has 1 aromatic heterocycles. The summed E-state index contributed by atoms with van der Waals surface area (Å²) in [6, 6.07) is 0. The molecule has 2 heterocycles. The number of nitrogens with zero attached hydrogens (tertiary/aromatic N) is 3. The number of hydrogen-bond acceptors (Lipinski definition) is 5. The zero-order valence-electron chi connectivity index (χ0n) is 8.11. The monoisotopic (exact) mass is 193 g/mol. The van der Waals surface area contributed by atoms with E-state index in [4.69, 9.17) is 5.84 Å². The molecular formula is C9H15N5. The van der Waals surface area contributed by atoms with Gasteiger partial charge in [0, 0.05) is 6.54 Å². The van der Waals surface area contributed by atoms with Crippen molar-refractivity contribution in [1.82, 2.24) is 14.9 Å². The van der Waals surface area contributed by atoms with Crippen LogP contribution in [0.2, 0.25) is 0 Å². The maximum atomic E-state index is 5.20. The molecule has 1 saturated heterocycles. The fourth-order valence-electron chi connectivity index (χ4n) is 1.68. The molecule has 2 rings (SSSR count). The Hall–Kier alpha value is -1.20. The first-order valence-corrected chi connectivity index (χ1v) is 4.88.